The minimum absolute atomic E-state index is 0.222. The quantitative estimate of drug-likeness (QED) is 0.479. The van der Waals surface area contributed by atoms with Crippen molar-refractivity contribution >= 4 is 17.3 Å². The van der Waals surface area contributed by atoms with Crippen molar-refractivity contribution in [3.8, 4) is 5.75 Å². The molecular weight excluding hydrogens is 336 g/mol. The Morgan fingerprint density at radius 3 is 2.80 bits per heavy atom. The number of benzene rings is 1. The fraction of sp³-hybridized carbons (Fsp3) is 0.474. The summed E-state index contributed by atoms with van der Waals surface area (Å²) in [6, 6.07) is 7.99. The van der Waals surface area contributed by atoms with Crippen molar-refractivity contribution < 1.29 is 14.3 Å². The number of carbonyl (C=O) groups is 1. The number of carbonyl (C=O) groups excluding carboxylic acids is 1. The van der Waals surface area contributed by atoms with Crippen molar-refractivity contribution in [3.05, 3.63) is 45.9 Å². The molecule has 0 saturated carbocycles. The standard InChI is InChI=1S/C19H26N2O3S/c1-4-18-20-12-16(25-18)13-21(14-19(22)23-3)10-7-11-24-17-9-6-5-8-15(17)2/h5-6,8-9,12H,4,7,10-11,13-14H2,1-3H3. The molecule has 0 radical (unpaired) electrons. The highest BCUT2D eigenvalue weighted by Crippen LogP contribution is 2.17. The smallest absolute Gasteiger partial charge is 0.319 e. The van der Waals surface area contributed by atoms with Gasteiger partial charge in [0.05, 0.1) is 25.3 Å². The Hall–Kier alpha value is -1.92. The summed E-state index contributed by atoms with van der Waals surface area (Å²) in [7, 11) is 1.42. The van der Waals surface area contributed by atoms with Gasteiger partial charge in [0, 0.05) is 24.2 Å². The molecule has 2 rings (SSSR count). The fourth-order valence-electron chi connectivity index (χ4n) is 2.45. The van der Waals surface area contributed by atoms with Crippen LogP contribution in [0, 0.1) is 6.92 Å². The van der Waals surface area contributed by atoms with Crippen molar-refractivity contribution in [2.24, 2.45) is 0 Å². The fourth-order valence-corrected chi connectivity index (χ4v) is 3.36. The van der Waals surface area contributed by atoms with E-state index in [1.54, 1.807) is 11.3 Å². The molecule has 2 aromatic rings. The molecule has 25 heavy (non-hydrogen) atoms. The summed E-state index contributed by atoms with van der Waals surface area (Å²) in [5, 5.41) is 1.12. The first-order chi connectivity index (χ1) is 12.1. The number of thiazole rings is 1. The first-order valence-corrected chi connectivity index (χ1v) is 9.35. The molecule has 0 unspecified atom stereocenters. The Morgan fingerprint density at radius 2 is 2.12 bits per heavy atom. The third-order valence-electron chi connectivity index (χ3n) is 3.83. The molecular formula is C19H26N2O3S. The topological polar surface area (TPSA) is 51.7 Å². The summed E-state index contributed by atoms with van der Waals surface area (Å²) in [4.78, 5) is 19.3. The third kappa shape index (κ3) is 6.48. The summed E-state index contributed by atoms with van der Waals surface area (Å²) < 4.78 is 10.6. The van der Waals surface area contributed by atoms with Crippen LogP contribution in [0.4, 0.5) is 0 Å². The van der Waals surface area contributed by atoms with Crippen LogP contribution < -0.4 is 4.74 Å². The zero-order valence-electron chi connectivity index (χ0n) is 15.2. The zero-order chi connectivity index (χ0) is 18.1. The van der Waals surface area contributed by atoms with E-state index in [9.17, 15) is 4.79 Å². The minimum atomic E-state index is -0.222. The van der Waals surface area contributed by atoms with Gasteiger partial charge in [-0.2, -0.15) is 0 Å². The zero-order valence-corrected chi connectivity index (χ0v) is 16.0. The largest absolute Gasteiger partial charge is 0.493 e. The number of hydrogen-bond acceptors (Lipinski definition) is 6. The first-order valence-electron chi connectivity index (χ1n) is 8.53. The molecule has 0 fully saturated rings. The summed E-state index contributed by atoms with van der Waals surface area (Å²) in [5.74, 6) is 0.692. The van der Waals surface area contributed by atoms with Crippen molar-refractivity contribution in [2.75, 3.05) is 26.8 Å². The molecule has 0 N–H and O–H groups in total. The Kier molecular flexibility index (Phi) is 7.88. The monoisotopic (exact) mass is 362 g/mol. The van der Waals surface area contributed by atoms with Crippen LogP contribution in [-0.4, -0.2) is 42.7 Å². The van der Waals surface area contributed by atoms with E-state index in [-0.39, 0.29) is 12.5 Å². The van der Waals surface area contributed by atoms with Gasteiger partial charge in [-0.3, -0.25) is 9.69 Å². The molecule has 0 amide bonds. The lowest BCUT2D eigenvalue weighted by atomic mass is 10.2. The Bertz CT molecular complexity index is 672. The van der Waals surface area contributed by atoms with Crippen molar-refractivity contribution in [2.45, 2.75) is 33.2 Å². The van der Waals surface area contributed by atoms with Crippen molar-refractivity contribution in [1.82, 2.24) is 9.88 Å². The van der Waals surface area contributed by atoms with Gasteiger partial charge in [0.15, 0.2) is 0 Å². The highest BCUT2D eigenvalue weighted by atomic mass is 32.1. The highest BCUT2D eigenvalue weighted by Gasteiger charge is 2.13. The van der Waals surface area contributed by atoms with Gasteiger partial charge >= 0.3 is 5.97 Å². The molecule has 6 heteroatoms. The van der Waals surface area contributed by atoms with Crippen LogP contribution in [0.5, 0.6) is 5.75 Å². The molecule has 0 aliphatic rings. The lowest BCUT2D eigenvalue weighted by molar-refractivity contribution is -0.142. The van der Waals surface area contributed by atoms with E-state index in [1.807, 2.05) is 37.4 Å². The van der Waals surface area contributed by atoms with Gasteiger partial charge in [-0.25, -0.2) is 4.98 Å². The van der Waals surface area contributed by atoms with Gasteiger partial charge < -0.3 is 9.47 Å². The summed E-state index contributed by atoms with van der Waals surface area (Å²) in [6.07, 6.45) is 3.67. The van der Waals surface area contributed by atoms with Gasteiger partial charge in [0.1, 0.15) is 5.75 Å². The third-order valence-corrected chi connectivity index (χ3v) is 4.96. The Balaban J connectivity index is 1.85. The molecule has 0 aliphatic carbocycles. The molecule has 0 atom stereocenters. The van der Waals surface area contributed by atoms with Crippen LogP contribution in [0.1, 0.15) is 28.8 Å². The molecule has 0 aliphatic heterocycles. The molecule has 5 nitrogen and oxygen atoms in total. The Labute approximate surface area is 153 Å². The number of ether oxygens (including phenoxy) is 2. The molecule has 136 valence electrons. The van der Waals surface area contributed by atoms with Gasteiger partial charge in [0.2, 0.25) is 0 Å². The maximum atomic E-state index is 11.7. The van der Waals surface area contributed by atoms with E-state index >= 15 is 0 Å². The normalized spacial score (nSPS) is 10.9. The number of methoxy groups -OCH3 is 1. The van der Waals surface area contributed by atoms with Gasteiger partial charge in [-0.05, 0) is 31.4 Å². The van der Waals surface area contributed by atoms with Crippen LogP contribution in [0.25, 0.3) is 0 Å². The minimum Gasteiger partial charge on any atom is -0.493 e. The number of nitrogens with zero attached hydrogens (tertiary/aromatic N) is 2. The number of para-hydroxylation sites is 1. The van der Waals surface area contributed by atoms with Crippen LogP contribution in [0.15, 0.2) is 30.5 Å². The second kappa shape index (κ2) is 10.2. The average molecular weight is 362 g/mol. The highest BCUT2D eigenvalue weighted by molar-refractivity contribution is 7.11. The van der Waals surface area contributed by atoms with E-state index < -0.39 is 0 Å². The number of esters is 1. The Morgan fingerprint density at radius 1 is 1.32 bits per heavy atom. The first kappa shape index (κ1) is 19.4. The average Bonchev–Trinajstić information content (AvgIpc) is 3.07. The van der Waals surface area contributed by atoms with Gasteiger partial charge in [-0.1, -0.05) is 25.1 Å². The maximum absolute atomic E-state index is 11.7. The van der Waals surface area contributed by atoms with Crippen LogP contribution in [0.3, 0.4) is 0 Å². The van der Waals surface area contributed by atoms with Crippen LogP contribution >= 0.6 is 11.3 Å². The summed E-state index contributed by atoms with van der Waals surface area (Å²) >= 11 is 1.70. The molecule has 0 saturated heterocycles. The number of rotatable bonds is 10. The van der Waals surface area contributed by atoms with Crippen LogP contribution in [0.2, 0.25) is 0 Å². The van der Waals surface area contributed by atoms with Gasteiger partial charge in [0.25, 0.3) is 0 Å². The number of hydrogen-bond donors (Lipinski definition) is 0. The SMILES string of the molecule is CCc1ncc(CN(CCCOc2ccccc2C)CC(=O)OC)s1. The maximum Gasteiger partial charge on any atom is 0.319 e. The van der Waals surface area contributed by atoms with E-state index in [2.05, 4.69) is 16.8 Å². The van der Waals surface area contributed by atoms with Crippen molar-refractivity contribution in [3.63, 3.8) is 0 Å². The van der Waals surface area contributed by atoms with Gasteiger partial charge in [-0.15, -0.1) is 11.3 Å². The number of aryl methyl sites for hydroxylation is 2. The lowest BCUT2D eigenvalue weighted by Gasteiger charge is -2.20. The van der Waals surface area contributed by atoms with E-state index in [4.69, 9.17) is 9.47 Å². The molecule has 1 aromatic carbocycles. The number of aromatic nitrogens is 1. The second-order valence-corrected chi connectivity index (χ2v) is 7.03. The predicted molar refractivity (Wildman–Crippen MR) is 100 cm³/mol. The lowest BCUT2D eigenvalue weighted by Crippen LogP contribution is -2.31. The molecule has 1 aromatic heterocycles. The van der Waals surface area contributed by atoms with E-state index in [0.29, 0.717) is 13.2 Å². The van der Waals surface area contributed by atoms with E-state index in [1.165, 1.54) is 12.0 Å². The molecule has 0 bridgehead atoms. The summed E-state index contributed by atoms with van der Waals surface area (Å²) in [6.45, 7) is 6.49. The predicted octanol–water partition coefficient (Wildman–Crippen LogP) is 3.46. The summed E-state index contributed by atoms with van der Waals surface area (Å²) in [5.41, 5.74) is 1.13. The van der Waals surface area contributed by atoms with Crippen LogP contribution in [-0.2, 0) is 22.5 Å². The second-order valence-electron chi connectivity index (χ2n) is 5.83. The van der Waals surface area contributed by atoms with E-state index in [0.717, 1.165) is 35.7 Å². The molecule has 0 spiro atoms. The van der Waals surface area contributed by atoms with Crippen molar-refractivity contribution in [1.29, 1.82) is 0 Å². The molecule has 1 heterocycles.